The Bertz CT molecular complexity index is 933. The third-order valence-electron chi connectivity index (χ3n) is 4.56. The van der Waals surface area contributed by atoms with E-state index in [9.17, 15) is 5.26 Å². The van der Waals surface area contributed by atoms with E-state index in [1.807, 2.05) is 35.1 Å². The van der Waals surface area contributed by atoms with Gasteiger partial charge in [-0.15, -0.1) is 0 Å². The SMILES string of the molecule is CCn1ccc(N2Cc3ccc(-c4ccccc4C#N)cc3C2)n1. The van der Waals surface area contributed by atoms with Crippen LogP contribution in [0.2, 0.25) is 0 Å². The van der Waals surface area contributed by atoms with Gasteiger partial charge in [0.15, 0.2) is 5.82 Å². The summed E-state index contributed by atoms with van der Waals surface area (Å²) in [6, 6.07) is 18.6. The molecule has 0 N–H and O–H groups in total. The Labute approximate surface area is 141 Å². The highest BCUT2D eigenvalue weighted by atomic mass is 15.3. The first-order valence-corrected chi connectivity index (χ1v) is 8.18. The average Bonchev–Trinajstić information content (AvgIpc) is 3.27. The molecule has 2 heterocycles. The molecule has 0 bridgehead atoms. The summed E-state index contributed by atoms with van der Waals surface area (Å²) in [5.41, 5.74) is 5.46. The molecule has 0 aliphatic carbocycles. The number of fused-ring (bicyclic) bond motifs is 1. The van der Waals surface area contributed by atoms with Crippen LogP contribution in [0.5, 0.6) is 0 Å². The number of nitriles is 1. The van der Waals surface area contributed by atoms with E-state index in [1.54, 1.807) is 0 Å². The van der Waals surface area contributed by atoms with Gasteiger partial charge in [0.05, 0.1) is 11.6 Å². The summed E-state index contributed by atoms with van der Waals surface area (Å²) in [7, 11) is 0. The molecular weight excluding hydrogens is 296 g/mol. The van der Waals surface area contributed by atoms with Gasteiger partial charge in [0.1, 0.15) is 0 Å². The summed E-state index contributed by atoms with van der Waals surface area (Å²) in [4.78, 5) is 2.29. The van der Waals surface area contributed by atoms with Crippen molar-refractivity contribution in [1.29, 1.82) is 5.26 Å². The Morgan fingerprint density at radius 1 is 1.08 bits per heavy atom. The first-order valence-electron chi connectivity index (χ1n) is 8.18. The maximum absolute atomic E-state index is 9.32. The summed E-state index contributed by atoms with van der Waals surface area (Å²) >= 11 is 0. The van der Waals surface area contributed by atoms with E-state index in [0.29, 0.717) is 5.56 Å². The molecule has 3 aromatic rings. The number of anilines is 1. The van der Waals surface area contributed by atoms with Gasteiger partial charge >= 0.3 is 0 Å². The number of hydrogen-bond donors (Lipinski definition) is 0. The Hall–Kier alpha value is -3.06. The van der Waals surface area contributed by atoms with Gasteiger partial charge in [-0.2, -0.15) is 10.4 Å². The predicted molar refractivity (Wildman–Crippen MR) is 94.4 cm³/mol. The summed E-state index contributed by atoms with van der Waals surface area (Å²) in [6.45, 7) is 4.72. The van der Waals surface area contributed by atoms with E-state index in [-0.39, 0.29) is 0 Å². The lowest BCUT2D eigenvalue weighted by atomic mass is 9.97. The van der Waals surface area contributed by atoms with Crippen molar-refractivity contribution in [3.05, 3.63) is 71.4 Å². The van der Waals surface area contributed by atoms with E-state index in [0.717, 1.165) is 36.6 Å². The maximum atomic E-state index is 9.32. The van der Waals surface area contributed by atoms with Crippen LogP contribution in [0.1, 0.15) is 23.6 Å². The van der Waals surface area contributed by atoms with Gasteiger partial charge in [-0.05, 0) is 41.3 Å². The molecule has 4 rings (SSSR count). The first kappa shape index (κ1) is 14.5. The molecule has 4 nitrogen and oxygen atoms in total. The molecule has 0 spiro atoms. The van der Waals surface area contributed by atoms with Crippen molar-refractivity contribution in [2.45, 2.75) is 26.6 Å². The fraction of sp³-hybridized carbons (Fsp3) is 0.200. The molecule has 1 aliphatic rings. The molecular formula is C20H18N4. The summed E-state index contributed by atoms with van der Waals surface area (Å²) in [5, 5.41) is 13.9. The number of aromatic nitrogens is 2. The molecule has 0 atom stereocenters. The molecule has 0 fully saturated rings. The lowest BCUT2D eigenvalue weighted by Crippen LogP contribution is -2.15. The van der Waals surface area contributed by atoms with Gasteiger partial charge in [0, 0.05) is 31.9 Å². The molecule has 0 unspecified atom stereocenters. The Balaban J connectivity index is 1.65. The zero-order valence-electron chi connectivity index (χ0n) is 13.6. The molecule has 0 saturated heterocycles. The smallest absolute Gasteiger partial charge is 0.151 e. The number of rotatable bonds is 3. The lowest BCUT2D eigenvalue weighted by Gasteiger charge is -2.13. The molecule has 0 radical (unpaired) electrons. The minimum Gasteiger partial charge on any atom is -0.346 e. The van der Waals surface area contributed by atoms with Crippen LogP contribution in [-0.2, 0) is 19.6 Å². The molecule has 0 saturated carbocycles. The van der Waals surface area contributed by atoms with Crippen molar-refractivity contribution in [1.82, 2.24) is 9.78 Å². The standard InChI is InChI=1S/C20H18N4/c1-2-24-10-9-20(22-24)23-13-17-8-7-15(11-18(17)14-23)19-6-4-3-5-16(19)12-21/h3-11H,2,13-14H2,1H3. The van der Waals surface area contributed by atoms with Crippen LogP contribution in [0.25, 0.3) is 11.1 Å². The zero-order chi connectivity index (χ0) is 16.5. The minimum absolute atomic E-state index is 0.717. The highest BCUT2D eigenvalue weighted by Crippen LogP contribution is 2.31. The largest absolute Gasteiger partial charge is 0.346 e. The van der Waals surface area contributed by atoms with Crippen molar-refractivity contribution >= 4 is 5.82 Å². The predicted octanol–water partition coefficient (Wildman–Crippen LogP) is 3.96. The number of hydrogen-bond acceptors (Lipinski definition) is 3. The van der Waals surface area contributed by atoms with Gasteiger partial charge in [0.2, 0.25) is 0 Å². The third kappa shape index (κ3) is 2.44. The van der Waals surface area contributed by atoms with E-state index in [1.165, 1.54) is 11.1 Å². The third-order valence-corrected chi connectivity index (χ3v) is 4.56. The van der Waals surface area contributed by atoms with Crippen molar-refractivity contribution in [2.75, 3.05) is 4.90 Å². The zero-order valence-corrected chi connectivity index (χ0v) is 13.6. The van der Waals surface area contributed by atoms with Gasteiger partial charge in [-0.25, -0.2) is 0 Å². The topological polar surface area (TPSA) is 44.9 Å². The second-order valence-corrected chi connectivity index (χ2v) is 6.03. The highest BCUT2D eigenvalue weighted by molar-refractivity contribution is 5.72. The second kappa shape index (κ2) is 5.86. The number of benzene rings is 2. The second-order valence-electron chi connectivity index (χ2n) is 6.03. The summed E-state index contributed by atoms with van der Waals surface area (Å²) in [5.74, 6) is 1.02. The Morgan fingerprint density at radius 3 is 2.71 bits per heavy atom. The van der Waals surface area contributed by atoms with Gasteiger partial charge in [0.25, 0.3) is 0 Å². The van der Waals surface area contributed by atoms with Crippen molar-refractivity contribution in [3.63, 3.8) is 0 Å². The Morgan fingerprint density at radius 2 is 1.92 bits per heavy atom. The quantitative estimate of drug-likeness (QED) is 0.735. The lowest BCUT2D eigenvalue weighted by molar-refractivity contribution is 0.652. The van der Waals surface area contributed by atoms with Gasteiger partial charge in [-0.3, -0.25) is 4.68 Å². The van der Waals surface area contributed by atoms with E-state index in [2.05, 4.69) is 47.3 Å². The fourth-order valence-corrected chi connectivity index (χ4v) is 3.25. The van der Waals surface area contributed by atoms with Crippen LogP contribution in [-0.4, -0.2) is 9.78 Å². The van der Waals surface area contributed by atoms with E-state index < -0.39 is 0 Å². The molecule has 1 aromatic heterocycles. The van der Waals surface area contributed by atoms with Crippen LogP contribution >= 0.6 is 0 Å². The van der Waals surface area contributed by atoms with Crippen LogP contribution in [0, 0.1) is 11.3 Å². The van der Waals surface area contributed by atoms with E-state index in [4.69, 9.17) is 0 Å². The Kier molecular flexibility index (Phi) is 3.55. The van der Waals surface area contributed by atoms with Crippen LogP contribution < -0.4 is 4.90 Å². The first-order chi connectivity index (χ1) is 11.8. The molecule has 24 heavy (non-hydrogen) atoms. The summed E-state index contributed by atoms with van der Waals surface area (Å²) < 4.78 is 1.95. The molecule has 4 heteroatoms. The molecule has 2 aromatic carbocycles. The monoisotopic (exact) mass is 314 g/mol. The van der Waals surface area contributed by atoms with Gasteiger partial charge in [-0.1, -0.05) is 30.3 Å². The van der Waals surface area contributed by atoms with Crippen LogP contribution in [0.3, 0.4) is 0 Å². The van der Waals surface area contributed by atoms with Crippen molar-refractivity contribution in [3.8, 4) is 17.2 Å². The molecule has 1 aliphatic heterocycles. The normalized spacial score (nSPS) is 12.9. The molecule has 118 valence electrons. The average molecular weight is 314 g/mol. The van der Waals surface area contributed by atoms with Gasteiger partial charge < -0.3 is 4.90 Å². The molecule has 0 amide bonds. The highest BCUT2D eigenvalue weighted by Gasteiger charge is 2.21. The van der Waals surface area contributed by atoms with Crippen LogP contribution in [0.4, 0.5) is 5.82 Å². The fourth-order valence-electron chi connectivity index (χ4n) is 3.25. The summed E-state index contributed by atoms with van der Waals surface area (Å²) in [6.07, 6.45) is 2.02. The number of nitrogens with zero attached hydrogens (tertiary/aromatic N) is 4. The number of aryl methyl sites for hydroxylation is 1. The minimum atomic E-state index is 0.717. The van der Waals surface area contributed by atoms with Crippen LogP contribution in [0.15, 0.2) is 54.7 Å². The van der Waals surface area contributed by atoms with Crippen molar-refractivity contribution < 1.29 is 0 Å². The van der Waals surface area contributed by atoms with E-state index >= 15 is 0 Å². The van der Waals surface area contributed by atoms with Crippen molar-refractivity contribution in [2.24, 2.45) is 0 Å². The maximum Gasteiger partial charge on any atom is 0.151 e.